The Morgan fingerprint density at radius 2 is 1.94 bits per heavy atom. The maximum absolute atomic E-state index is 13.0. The Labute approximate surface area is 207 Å². The second kappa shape index (κ2) is 9.07. The summed E-state index contributed by atoms with van der Waals surface area (Å²) in [6.45, 7) is 6.11. The average molecular weight is 502 g/mol. The number of thioether (sulfide) groups is 1. The highest BCUT2D eigenvalue weighted by molar-refractivity contribution is 8.18. The summed E-state index contributed by atoms with van der Waals surface area (Å²) in [6, 6.07) is 9.10. The number of imide groups is 1. The summed E-state index contributed by atoms with van der Waals surface area (Å²) in [5.74, 6) is -1.23. The van der Waals surface area contributed by atoms with E-state index in [-0.39, 0.29) is 10.4 Å². The third-order valence-corrected chi connectivity index (χ3v) is 7.58. The van der Waals surface area contributed by atoms with Gasteiger partial charge in [0, 0.05) is 29.0 Å². The lowest BCUT2D eigenvalue weighted by Gasteiger charge is -2.45. The van der Waals surface area contributed by atoms with Gasteiger partial charge in [0.1, 0.15) is 12.4 Å². The van der Waals surface area contributed by atoms with Gasteiger partial charge in [0.15, 0.2) is 0 Å². The smallest absolute Gasteiger partial charge is 0.294 e. The van der Waals surface area contributed by atoms with Crippen molar-refractivity contribution in [2.45, 2.75) is 38.6 Å². The molecule has 1 saturated heterocycles. The van der Waals surface area contributed by atoms with Crippen LogP contribution < -0.4 is 10.2 Å². The summed E-state index contributed by atoms with van der Waals surface area (Å²) in [5, 5.41) is 2.50. The molecule has 0 unspecified atom stereocenters. The first-order valence-electron chi connectivity index (χ1n) is 10.8. The van der Waals surface area contributed by atoms with Crippen LogP contribution in [0.25, 0.3) is 6.08 Å². The molecule has 0 spiro atoms. The highest BCUT2D eigenvalue weighted by atomic mass is 35.5. The van der Waals surface area contributed by atoms with Crippen molar-refractivity contribution in [3.63, 3.8) is 0 Å². The molecular formula is C25H25ClFN3O3S. The molecule has 2 aromatic rings. The molecule has 4 rings (SSSR count). The Bertz CT molecular complexity index is 1210. The number of hydrogen-bond donors (Lipinski definition) is 1. The first kappa shape index (κ1) is 24.3. The van der Waals surface area contributed by atoms with Crippen LogP contribution in [-0.4, -0.2) is 41.1 Å². The maximum atomic E-state index is 13.0. The largest absolute Gasteiger partial charge is 0.369 e. The van der Waals surface area contributed by atoms with Crippen molar-refractivity contribution in [1.29, 1.82) is 0 Å². The van der Waals surface area contributed by atoms with Gasteiger partial charge in [-0.25, -0.2) is 4.39 Å². The molecule has 1 atom stereocenters. The minimum atomic E-state index is -0.554. The van der Waals surface area contributed by atoms with Crippen LogP contribution in [0.3, 0.4) is 0 Å². The Hall–Kier alpha value is -2.84. The summed E-state index contributed by atoms with van der Waals surface area (Å²) < 4.78 is 13.0. The molecule has 9 heteroatoms. The van der Waals surface area contributed by atoms with Gasteiger partial charge in [-0.3, -0.25) is 19.3 Å². The first-order valence-corrected chi connectivity index (χ1v) is 12.0. The highest BCUT2D eigenvalue weighted by Gasteiger charge is 2.37. The number of amides is 3. The van der Waals surface area contributed by atoms with Gasteiger partial charge in [-0.15, -0.1) is 0 Å². The summed E-state index contributed by atoms with van der Waals surface area (Å²) >= 11 is 7.34. The maximum Gasteiger partial charge on any atom is 0.294 e. The standard InChI is InChI=1S/C25H25ClFN3O3S/c1-14-12-25(2,3)29(4)20-11-19(26)15(9-18(14)20)10-21-23(32)30(24(33)34-21)13-22(31)28-17-7-5-16(27)6-8-17/h5-11,14H,12-13H2,1-4H3,(H,28,31)/b21-10-/t14-/m1/s1. The van der Waals surface area contributed by atoms with Crippen LogP contribution in [0, 0.1) is 5.82 Å². The molecule has 178 valence electrons. The summed E-state index contributed by atoms with van der Waals surface area (Å²) in [7, 11) is 2.04. The first-order chi connectivity index (χ1) is 16.0. The van der Waals surface area contributed by atoms with Crippen LogP contribution in [0.4, 0.5) is 20.6 Å². The van der Waals surface area contributed by atoms with Gasteiger partial charge >= 0.3 is 0 Å². The predicted octanol–water partition coefficient (Wildman–Crippen LogP) is 5.88. The van der Waals surface area contributed by atoms with E-state index in [0.717, 1.165) is 34.3 Å². The summed E-state index contributed by atoms with van der Waals surface area (Å²) in [5.41, 5.74) is 3.21. The Kier molecular flexibility index (Phi) is 6.48. The van der Waals surface area contributed by atoms with Crippen molar-refractivity contribution in [3.8, 4) is 0 Å². The zero-order chi connectivity index (χ0) is 24.8. The van der Waals surface area contributed by atoms with Crippen LogP contribution in [-0.2, 0) is 9.59 Å². The Morgan fingerprint density at radius 1 is 1.26 bits per heavy atom. The monoisotopic (exact) mass is 501 g/mol. The predicted molar refractivity (Wildman–Crippen MR) is 135 cm³/mol. The fourth-order valence-corrected chi connectivity index (χ4v) is 5.41. The molecule has 1 fully saturated rings. The van der Waals surface area contributed by atoms with Crippen molar-refractivity contribution >= 4 is 57.9 Å². The molecule has 2 aliphatic heterocycles. The van der Waals surface area contributed by atoms with Gasteiger partial charge in [0.2, 0.25) is 5.91 Å². The van der Waals surface area contributed by atoms with E-state index in [4.69, 9.17) is 11.6 Å². The molecule has 34 heavy (non-hydrogen) atoms. The topological polar surface area (TPSA) is 69.7 Å². The number of benzene rings is 2. The second-order valence-electron chi connectivity index (χ2n) is 9.23. The van der Waals surface area contributed by atoms with E-state index in [1.807, 2.05) is 19.2 Å². The van der Waals surface area contributed by atoms with E-state index in [1.165, 1.54) is 24.3 Å². The van der Waals surface area contributed by atoms with Crippen LogP contribution in [0.15, 0.2) is 41.3 Å². The van der Waals surface area contributed by atoms with Gasteiger partial charge in [-0.2, -0.15) is 0 Å². The third-order valence-electron chi connectivity index (χ3n) is 6.34. The SMILES string of the molecule is C[C@@H]1CC(C)(C)N(C)c2cc(Cl)c(/C=C3\SC(=O)N(CC(=O)Nc4ccc(F)cc4)C3=O)cc21. The van der Waals surface area contributed by atoms with Crippen LogP contribution in [0.2, 0.25) is 5.02 Å². The molecule has 0 aliphatic carbocycles. The Morgan fingerprint density at radius 3 is 2.62 bits per heavy atom. The van der Waals surface area contributed by atoms with Gasteiger partial charge in [-0.1, -0.05) is 18.5 Å². The zero-order valence-corrected chi connectivity index (χ0v) is 20.9. The average Bonchev–Trinajstić information content (AvgIpc) is 3.02. The van der Waals surface area contributed by atoms with E-state index < -0.39 is 29.4 Å². The van der Waals surface area contributed by atoms with Gasteiger partial charge in [0.05, 0.1) is 4.91 Å². The third kappa shape index (κ3) is 4.70. The number of halogens is 2. The van der Waals surface area contributed by atoms with Gasteiger partial charge in [-0.05, 0) is 91.5 Å². The fourth-order valence-electron chi connectivity index (χ4n) is 4.37. The highest BCUT2D eigenvalue weighted by Crippen LogP contribution is 2.45. The number of anilines is 2. The molecule has 0 saturated carbocycles. The molecule has 2 aliphatic rings. The molecule has 0 aromatic heterocycles. The molecule has 3 amide bonds. The van der Waals surface area contributed by atoms with Crippen molar-refractivity contribution in [3.05, 3.63) is 63.3 Å². The summed E-state index contributed by atoms with van der Waals surface area (Å²) in [4.78, 5) is 41.0. The number of carbonyl (C=O) groups excluding carboxylic acids is 3. The fraction of sp³-hybridized carbons (Fsp3) is 0.320. The number of hydrogen-bond acceptors (Lipinski definition) is 5. The number of fused-ring (bicyclic) bond motifs is 1. The number of rotatable bonds is 4. The minimum Gasteiger partial charge on any atom is -0.369 e. The minimum absolute atomic E-state index is 0.00555. The molecule has 0 bridgehead atoms. The van der Waals surface area contributed by atoms with E-state index in [1.54, 1.807) is 6.08 Å². The normalized spacial score (nSPS) is 20.6. The molecular weight excluding hydrogens is 477 g/mol. The number of nitrogens with one attached hydrogen (secondary N) is 1. The van der Waals surface area contributed by atoms with E-state index in [9.17, 15) is 18.8 Å². The second-order valence-corrected chi connectivity index (χ2v) is 10.6. The van der Waals surface area contributed by atoms with Crippen LogP contribution in [0.5, 0.6) is 0 Å². The van der Waals surface area contributed by atoms with E-state index in [2.05, 4.69) is 31.0 Å². The van der Waals surface area contributed by atoms with E-state index >= 15 is 0 Å². The lowest BCUT2D eigenvalue weighted by molar-refractivity contribution is -0.127. The quantitative estimate of drug-likeness (QED) is 0.530. The van der Waals surface area contributed by atoms with Crippen molar-refractivity contribution < 1.29 is 18.8 Å². The van der Waals surface area contributed by atoms with Crippen LogP contribution in [0.1, 0.15) is 44.2 Å². The lowest BCUT2D eigenvalue weighted by Crippen LogP contribution is -2.45. The number of carbonyl (C=O) groups is 3. The van der Waals surface area contributed by atoms with Gasteiger partial charge in [0.25, 0.3) is 11.1 Å². The number of nitrogens with zero attached hydrogens (tertiary/aromatic N) is 2. The van der Waals surface area contributed by atoms with Crippen molar-refractivity contribution in [2.24, 2.45) is 0 Å². The Balaban J connectivity index is 1.54. The molecule has 2 aromatic carbocycles. The molecule has 2 heterocycles. The summed E-state index contributed by atoms with van der Waals surface area (Å²) in [6.07, 6.45) is 2.58. The van der Waals surface area contributed by atoms with Gasteiger partial charge < -0.3 is 10.2 Å². The van der Waals surface area contributed by atoms with E-state index in [0.29, 0.717) is 22.2 Å². The zero-order valence-electron chi connectivity index (χ0n) is 19.3. The molecule has 6 nitrogen and oxygen atoms in total. The molecule has 0 radical (unpaired) electrons. The lowest BCUT2D eigenvalue weighted by atomic mass is 9.80. The molecule has 1 N–H and O–H groups in total. The van der Waals surface area contributed by atoms with Crippen molar-refractivity contribution in [1.82, 2.24) is 4.90 Å². The van der Waals surface area contributed by atoms with Crippen molar-refractivity contribution in [2.75, 3.05) is 23.8 Å². The van der Waals surface area contributed by atoms with Crippen LogP contribution >= 0.6 is 23.4 Å².